The van der Waals surface area contributed by atoms with Gasteiger partial charge in [-0.05, 0) is 12.1 Å². The molecule has 98 valence electrons. The zero-order chi connectivity index (χ0) is 13.4. The van der Waals surface area contributed by atoms with Crippen molar-refractivity contribution in [3.63, 3.8) is 0 Å². The van der Waals surface area contributed by atoms with Gasteiger partial charge in [-0.3, -0.25) is 0 Å². The smallest absolute Gasteiger partial charge is 0.162 e. The highest BCUT2D eigenvalue weighted by Gasteiger charge is 2.20. The topological polar surface area (TPSA) is 63.8 Å². The maximum Gasteiger partial charge on any atom is 0.162 e. The Hall–Kier alpha value is -1.73. The molecular formula is C12H10F2N4S. The lowest BCUT2D eigenvalue weighted by Gasteiger charge is -2.09. The highest BCUT2D eigenvalue weighted by Crippen LogP contribution is 2.34. The van der Waals surface area contributed by atoms with Crippen molar-refractivity contribution in [1.82, 2.24) is 9.97 Å². The highest BCUT2D eigenvalue weighted by molar-refractivity contribution is 7.98. The first-order valence-electron chi connectivity index (χ1n) is 5.58. The monoisotopic (exact) mass is 280 g/mol. The third kappa shape index (κ3) is 2.26. The fourth-order valence-electron chi connectivity index (χ4n) is 1.98. The Morgan fingerprint density at radius 3 is 2.53 bits per heavy atom. The molecule has 1 aliphatic heterocycles. The van der Waals surface area contributed by atoms with Crippen molar-refractivity contribution < 1.29 is 8.78 Å². The van der Waals surface area contributed by atoms with Gasteiger partial charge in [-0.15, -0.1) is 0 Å². The van der Waals surface area contributed by atoms with Gasteiger partial charge < -0.3 is 5.43 Å². The van der Waals surface area contributed by atoms with Crippen molar-refractivity contribution >= 4 is 17.6 Å². The molecule has 0 amide bonds. The molecule has 0 atom stereocenters. The molecule has 0 spiro atoms. The van der Waals surface area contributed by atoms with E-state index in [9.17, 15) is 8.78 Å². The number of rotatable bonds is 2. The number of anilines is 1. The number of fused-ring (bicyclic) bond motifs is 1. The number of nitrogens with zero attached hydrogens (tertiary/aromatic N) is 2. The summed E-state index contributed by atoms with van der Waals surface area (Å²) in [7, 11) is 0. The Morgan fingerprint density at radius 1 is 1.11 bits per heavy atom. The number of hydrogen-bond acceptors (Lipinski definition) is 5. The molecule has 0 saturated carbocycles. The van der Waals surface area contributed by atoms with Crippen LogP contribution in [-0.4, -0.2) is 9.97 Å². The second kappa shape index (κ2) is 4.75. The molecule has 1 aromatic carbocycles. The average molecular weight is 280 g/mol. The number of hydrogen-bond donors (Lipinski definition) is 2. The Morgan fingerprint density at radius 2 is 1.84 bits per heavy atom. The summed E-state index contributed by atoms with van der Waals surface area (Å²) in [6, 6.07) is 3.22. The van der Waals surface area contributed by atoms with E-state index in [-0.39, 0.29) is 5.82 Å². The fraction of sp³-hybridized carbons (Fsp3) is 0.167. The van der Waals surface area contributed by atoms with E-state index in [1.54, 1.807) is 11.8 Å². The van der Waals surface area contributed by atoms with Crippen LogP contribution >= 0.6 is 11.8 Å². The summed E-state index contributed by atoms with van der Waals surface area (Å²) in [4.78, 5) is 8.57. The summed E-state index contributed by atoms with van der Waals surface area (Å²) in [5, 5.41) is 0. The van der Waals surface area contributed by atoms with Crippen LogP contribution in [0.4, 0.5) is 14.6 Å². The van der Waals surface area contributed by atoms with Gasteiger partial charge in [-0.2, -0.15) is 11.8 Å². The zero-order valence-electron chi connectivity index (χ0n) is 9.78. The van der Waals surface area contributed by atoms with E-state index in [0.29, 0.717) is 11.4 Å². The number of halogens is 2. The van der Waals surface area contributed by atoms with E-state index < -0.39 is 11.6 Å². The molecule has 2 heterocycles. The quantitative estimate of drug-likeness (QED) is 0.653. The molecule has 1 aliphatic rings. The molecule has 7 heteroatoms. The van der Waals surface area contributed by atoms with Crippen molar-refractivity contribution in [3.8, 4) is 11.4 Å². The summed E-state index contributed by atoms with van der Waals surface area (Å²) in [6.07, 6.45) is 0. The van der Waals surface area contributed by atoms with Crippen LogP contribution in [-0.2, 0) is 11.5 Å². The Kier molecular flexibility index (Phi) is 3.08. The van der Waals surface area contributed by atoms with Crippen LogP contribution < -0.4 is 11.3 Å². The summed E-state index contributed by atoms with van der Waals surface area (Å²) in [6.45, 7) is 0. The van der Waals surface area contributed by atoms with E-state index in [4.69, 9.17) is 5.84 Å². The van der Waals surface area contributed by atoms with E-state index in [1.807, 2.05) is 0 Å². The van der Waals surface area contributed by atoms with Crippen molar-refractivity contribution in [2.45, 2.75) is 11.5 Å². The summed E-state index contributed by atoms with van der Waals surface area (Å²) in [5.74, 6) is 6.43. The lowest BCUT2D eigenvalue weighted by molar-refractivity contribution is 0.584. The first kappa shape index (κ1) is 12.3. The van der Waals surface area contributed by atoms with Gasteiger partial charge in [-0.1, -0.05) is 0 Å². The molecule has 0 aliphatic carbocycles. The van der Waals surface area contributed by atoms with Gasteiger partial charge in [0.25, 0.3) is 0 Å². The van der Waals surface area contributed by atoms with Crippen LogP contribution in [0.1, 0.15) is 11.3 Å². The molecule has 0 bridgehead atoms. The SMILES string of the molecule is NNc1nc(-c2cc(F)cc(F)c2)nc2c1CSC2. The maximum atomic E-state index is 13.2. The summed E-state index contributed by atoms with van der Waals surface area (Å²) >= 11 is 1.70. The van der Waals surface area contributed by atoms with Crippen LogP contribution in [0.3, 0.4) is 0 Å². The number of benzene rings is 1. The average Bonchev–Trinajstić information content (AvgIpc) is 2.84. The van der Waals surface area contributed by atoms with Gasteiger partial charge in [0.15, 0.2) is 5.82 Å². The molecule has 0 saturated heterocycles. The Labute approximate surface area is 112 Å². The molecule has 0 unspecified atom stereocenters. The molecule has 4 nitrogen and oxygen atoms in total. The normalized spacial score (nSPS) is 13.4. The van der Waals surface area contributed by atoms with Crippen LogP contribution in [0, 0.1) is 11.6 Å². The van der Waals surface area contributed by atoms with Crippen molar-refractivity contribution in [3.05, 3.63) is 41.1 Å². The van der Waals surface area contributed by atoms with Gasteiger partial charge in [0, 0.05) is 28.7 Å². The van der Waals surface area contributed by atoms with E-state index in [1.165, 1.54) is 12.1 Å². The van der Waals surface area contributed by atoms with E-state index in [2.05, 4.69) is 15.4 Å². The van der Waals surface area contributed by atoms with E-state index in [0.717, 1.165) is 28.8 Å². The van der Waals surface area contributed by atoms with Gasteiger partial charge in [0.05, 0.1) is 5.69 Å². The molecule has 0 fully saturated rings. The van der Waals surface area contributed by atoms with Crippen molar-refractivity contribution in [2.24, 2.45) is 5.84 Å². The second-order valence-electron chi connectivity index (χ2n) is 4.12. The number of nitrogens with one attached hydrogen (secondary N) is 1. The van der Waals surface area contributed by atoms with Crippen LogP contribution in [0.25, 0.3) is 11.4 Å². The molecular weight excluding hydrogens is 270 g/mol. The lowest BCUT2D eigenvalue weighted by Crippen LogP contribution is -2.12. The third-order valence-corrected chi connectivity index (χ3v) is 3.81. The minimum Gasteiger partial charge on any atom is -0.308 e. The van der Waals surface area contributed by atoms with Gasteiger partial charge >= 0.3 is 0 Å². The largest absolute Gasteiger partial charge is 0.308 e. The molecule has 0 radical (unpaired) electrons. The molecule has 19 heavy (non-hydrogen) atoms. The number of nitrogens with two attached hydrogens (primary N) is 1. The zero-order valence-corrected chi connectivity index (χ0v) is 10.6. The maximum absolute atomic E-state index is 13.2. The first-order valence-corrected chi connectivity index (χ1v) is 6.73. The summed E-state index contributed by atoms with van der Waals surface area (Å²) in [5.41, 5.74) is 4.62. The van der Waals surface area contributed by atoms with E-state index >= 15 is 0 Å². The summed E-state index contributed by atoms with van der Waals surface area (Å²) < 4.78 is 26.5. The minimum atomic E-state index is -0.657. The minimum absolute atomic E-state index is 0.271. The van der Waals surface area contributed by atoms with Crippen LogP contribution in [0.15, 0.2) is 18.2 Å². The predicted octanol–water partition coefficient (Wildman–Crippen LogP) is 2.45. The Bertz CT molecular complexity index is 628. The molecule has 3 rings (SSSR count). The molecule has 3 N–H and O–H groups in total. The number of thioether (sulfide) groups is 1. The van der Waals surface area contributed by atoms with Crippen molar-refractivity contribution in [2.75, 3.05) is 5.43 Å². The van der Waals surface area contributed by atoms with Crippen molar-refractivity contribution in [1.29, 1.82) is 0 Å². The fourth-order valence-corrected chi connectivity index (χ4v) is 3.02. The molecule has 2 aromatic rings. The number of nitrogen functional groups attached to an aromatic ring is 1. The molecule has 1 aromatic heterocycles. The second-order valence-corrected chi connectivity index (χ2v) is 5.10. The number of hydrazine groups is 1. The highest BCUT2D eigenvalue weighted by atomic mass is 32.2. The van der Waals surface area contributed by atoms with Crippen LogP contribution in [0.5, 0.6) is 0 Å². The van der Waals surface area contributed by atoms with Gasteiger partial charge in [0.1, 0.15) is 17.5 Å². The predicted molar refractivity (Wildman–Crippen MR) is 70.2 cm³/mol. The standard InChI is InChI=1S/C12H10F2N4S/c13-7-1-6(2-8(14)3-7)11-16-10-5-19-4-9(10)12(17-11)18-15/h1-3H,4-5,15H2,(H,16,17,18). The third-order valence-electron chi connectivity index (χ3n) is 2.84. The first-order chi connectivity index (χ1) is 9.17. The van der Waals surface area contributed by atoms with Crippen LogP contribution in [0.2, 0.25) is 0 Å². The number of aromatic nitrogens is 2. The van der Waals surface area contributed by atoms with Gasteiger partial charge in [0.2, 0.25) is 0 Å². The Balaban J connectivity index is 2.15. The van der Waals surface area contributed by atoms with Gasteiger partial charge in [-0.25, -0.2) is 24.6 Å². The lowest BCUT2D eigenvalue weighted by atomic mass is 10.1.